The molecule has 8 nitrogen and oxygen atoms in total. The number of piperazine rings is 1. The smallest absolute Gasteiger partial charge is 0.410 e. The van der Waals surface area contributed by atoms with Crippen molar-refractivity contribution in [2.75, 3.05) is 52.4 Å². The Balaban J connectivity index is 1.63. The quantitative estimate of drug-likeness (QED) is 0.391. The summed E-state index contributed by atoms with van der Waals surface area (Å²) in [5, 5.41) is 6.62. The van der Waals surface area contributed by atoms with Crippen LogP contribution in [0.4, 0.5) is 4.79 Å². The summed E-state index contributed by atoms with van der Waals surface area (Å²) < 4.78 is 10.8. The van der Waals surface area contributed by atoms with Gasteiger partial charge in [0.05, 0.1) is 6.26 Å². The largest absolute Gasteiger partial charge is 0.469 e. The average Bonchev–Trinajstić information content (AvgIpc) is 3.17. The summed E-state index contributed by atoms with van der Waals surface area (Å²) in [7, 11) is 0. The van der Waals surface area contributed by atoms with Crippen LogP contribution >= 0.6 is 0 Å². The van der Waals surface area contributed by atoms with Gasteiger partial charge in [-0.05, 0) is 46.2 Å². The minimum atomic E-state index is -0.442. The van der Waals surface area contributed by atoms with E-state index >= 15 is 0 Å². The predicted molar refractivity (Wildman–Crippen MR) is 115 cm³/mol. The Morgan fingerprint density at radius 2 is 2.00 bits per heavy atom. The third-order valence-electron chi connectivity index (χ3n) is 4.51. The highest BCUT2D eigenvalue weighted by Crippen LogP contribution is 2.12. The van der Waals surface area contributed by atoms with Crippen LogP contribution in [0.1, 0.15) is 39.9 Å². The first kappa shape index (κ1) is 23.1. The molecule has 164 valence electrons. The maximum atomic E-state index is 12.1. The molecule has 1 aliphatic rings. The lowest BCUT2D eigenvalue weighted by atomic mass is 10.2. The summed E-state index contributed by atoms with van der Waals surface area (Å²) in [5.41, 5.74) is -0.442. The van der Waals surface area contributed by atoms with Crippen LogP contribution in [0.25, 0.3) is 0 Å². The topological polar surface area (TPSA) is 82.3 Å². The van der Waals surface area contributed by atoms with E-state index in [1.165, 1.54) is 0 Å². The minimum Gasteiger partial charge on any atom is -0.469 e. The first-order chi connectivity index (χ1) is 13.9. The number of aliphatic imine (C=N–C) groups is 1. The second-order valence-electron chi connectivity index (χ2n) is 8.18. The number of rotatable bonds is 8. The van der Waals surface area contributed by atoms with Crippen molar-refractivity contribution >= 4 is 12.1 Å². The van der Waals surface area contributed by atoms with Gasteiger partial charge in [-0.1, -0.05) is 0 Å². The van der Waals surface area contributed by atoms with Gasteiger partial charge >= 0.3 is 6.09 Å². The van der Waals surface area contributed by atoms with Crippen LogP contribution in [0.2, 0.25) is 0 Å². The van der Waals surface area contributed by atoms with Gasteiger partial charge in [0.2, 0.25) is 0 Å². The molecule has 0 unspecified atom stereocenters. The molecule has 2 rings (SSSR count). The number of nitrogens with zero attached hydrogens (tertiary/aromatic N) is 3. The van der Waals surface area contributed by atoms with Crippen LogP contribution < -0.4 is 10.6 Å². The number of carbonyl (C=O) groups is 1. The van der Waals surface area contributed by atoms with Crippen molar-refractivity contribution in [1.82, 2.24) is 20.4 Å². The molecule has 2 heterocycles. The molecular weight excluding hydrogens is 370 g/mol. The van der Waals surface area contributed by atoms with Gasteiger partial charge in [0.1, 0.15) is 11.4 Å². The second-order valence-corrected chi connectivity index (χ2v) is 8.18. The molecule has 1 aliphatic heterocycles. The normalized spacial score (nSPS) is 16.0. The van der Waals surface area contributed by atoms with Crippen molar-refractivity contribution in [1.29, 1.82) is 0 Å². The van der Waals surface area contributed by atoms with E-state index < -0.39 is 5.60 Å². The maximum absolute atomic E-state index is 12.1. The average molecular weight is 408 g/mol. The summed E-state index contributed by atoms with van der Waals surface area (Å²) >= 11 is 0. The SMILES string of the molecule is CCNC(=NCCCN1CCN(C(=O)OC(C)(C)C)CC1)NCCc1ccco1. The number of amides is 1. The fraction of sp³-hybridized carbons (Fsp3) is 0.714. The van der Waals surface area contributed by atoms with E-state index in [2.05, 4.69) is 27.4 Å². The summed E-state index contributed by atoms with van der Waals surface area (Å²) in [6.07, 6.45) is 3.31. The van der Waals surface area contributed by atoms with Gasteiger partial charge in [0.15, 0.2) is 5.96 Å². The van der Waals surface area contributed by atoms with Crippen LogP contribution in [0.15, 0.2) is 27.8 Å². The standard InChI is InChI=1S/C21H37N5O3/c1-5-22-19(24-11-9-18-8-6-17-28-18)23-10-7-12-25-13-15-26(16-14-25)20(27)29-21(2,3)4/h6,8,17H,5,7,9-16H2,1-4H3,(H2,22,23,24). The maximum Gasteiger partial charge on any atom is 0.410 e. The van der Waals surface area contributed by atoms with Crippen molar-refractivity contribution in [2.24, 2.45) is 4.99 Å². The zero-order valence-electron chi connectivity index (χ0n) is 18.4. The summed E-state index contributed by atoms with van der Waals surface area (Å²) in [6.45, 7) is 14.3. The Morgan fingerprint density at radius 3 is 2.62 bits per heavy atom. The molecule has 8 heteroatoms. The third-order valence-corrected chi connectivity index (χ3v) is 4.51. The Labute approximate surface area is 174 Å². The van der Waals surface area contributed by atoms with Gasteiger partial charge < -0.3 is 24.7 Å². The molecule has 1 saturated heterocycles. The first-order valence-corrected chi connectivity index (χ1v) is 10.6. The van der Waals surface area contributed by atoms with E-state index in [9.17, 15) is 4.79 Å². The van der Waals surface area contributed by atoms with Crippen molar-refractivity contribution in [3.05, 3.63) is 24.2 Å². The molecule has 0 aromatic carbocycles. The third kappa shape index (κ3) is 9.21. The lowest BCUT2D eigenvalue weighted by Crippen LogP contribution is -2.50. The van der Waals surface area contributed by atoms with E-state index in [1.807, 2.05) is 32.9 Å². The molecule has 1 amide bonds. The first-order valence-electron chi connectivity index (χ1n) is 10.6. The minimum absolute atomic E-state index is 0.211. The molecule has 0 spiro atoms. The number of nitrogens with one attached hydrogen (secondary N) is 2. The Bertz CT molecular complexity index is 617. The highest BCUT2D eigenvalue weighted by Gasteiger charge is 2.25. The van der Waals surface area contributed by atoms with Crippen molar-refractivity contribution in [2.45, 2.75) is 46.1 Å². The van der Waals surface area contributed by atoms with Gasteiger partial charge in [-0.3, -0.25) is 9.89 Å². The summed E-state index contributed by atoms with van der Waals surface area (Å²) in [4.78, 5) is 21.0. The van der Waals surface area contributed by atoms with Crippen LogP contribution in [-0.2, 0) is 11.2 Å². The highest BCUT2D eigenvalue weighted by atomic mass is 16.6. The van der Waals surface area contributed by atoms with Crippen LogP contribution in [0.5, 0.6) is 0 Å². The number of hydrogen-bond acceptors (Lipinski definition) is 5. The Hall–Kier alpha value is -2.22. The van der Waals surface area contributed by atoms with Crippen LogP contribution in [0.3, 0.4) is 0 Å². The van der Waals surface area contributed by atoms with Gasteiger partial charge in [-0.2, -0.15) is 0 Å². The molecule has 1 aromatic rings. The molecule has 0 aliphatic carbocycles. The lowest BCUT2D eigenvalue weighted by molar-refractivity contribution is 0.0145. The van der Waals surface area contributed by atoms with E-state index in [4.69, 9.17) is 9.15 Å². The molecule has 0 saturated carbocycles. The second kappa shape index (κ2) is 11.7. The molecule has 2 N–H and O–H groups in total. The van der Waals surface area contributed by atoms with Gasteiger partial charge in [0, 0.05) is 58.8 Å². The zero-order chi connectivity index (χ0) is 21.1. The fourth-order valence-corrected chi connectivity index (χ4v) is 3.07. The van der Waals surface area contributed by atoms with Crippen molar-refractivity contribution in [3.8, 4) is 0 Å². The summed E-state index contributed by atoms with van der Waals surface area (Å²) in [6, 6.07) is 3.89. The number of ether oxygens (including phenoxy) is 1. The number of furan rings is 1. The summed E-state index contributed by atoms with van der Waals surface area (Å²) in [5.74, 6) is 1.81. The molecule has 0 atom stereocenters. The zero-order valence-corrected chi connectivity index (χ0v) is 18.4. The van der Waals surface area contributed by atoms with Gasteiger partial charge in [-0.15, -0.1) is 0 Å². The molecule has 1 aromatic heterocycles. The van der Waals surface area contributed by atoms with Crippen LogP contribution in [-0.4, -0.2) is 79.8 Å². The van der Waals surface area contributed by atoms with E-state index in [1.54, 1.807) is 11.2 Å². The highest BCUT2D eigenvalue weighted by molar-refractivity contribution is 5.79. The van der Waals surface area contributed by atoms with E-state index in [0.29, 0.717) is 0 Å². The van der Waals surface area contributed by atoms with Gasteiger partial charge in [0.25, 0.3) is 0 Å². The molecule has 1 fully saturated rings. The predicted octanol–water partition coefficient (Wildman–Crippen LogP) is 2.32. The molecular formula is C21H37N5O3. The van der Waals surface area contributed by atoms with Crippen LogP contribution in [0, 0.1) is 0 Å². The van der Waals surface area contributed by atoms with Crippen molar-refractivity contribution < 1.29 is 13.9 Å². The molecule has 29 heavy (non-hydrogen) atoms. The van der Waals surface area contributed by atoms with E-state index in [-0.39, 0.29) is 6.09 Å². The molecule has 0 radical (unpaired) electrons. The molecule has 0 bridgehead atoms. The lowest BCUT2D eigenvalue weighted by Gasteiger charge is -2.35. The number of carbonyl (C=O) groups excluding carboxylic acids is 1. The van der Waals surface area contributed by atoms with Crippen molar-refractivity contribution in [3.63, 3.8) is 0 Å². The monoisotopic (exact) mass is 407 g/mol. The number of guanidine groups is 1. The van der Waals surface area contributed by atoms with E-state index in [0.717, 1.165) is 76.9 Å². The number of hydrogen-bond donors (Lipinski definition) is 2. The fourth-order valence-electron chi connectivity index (χ4n) is 3.07. The van der Waals surface area contributed by atoms with Gasteiger partial charge in [-0.25, -0.2) is 4.79 Å². The Kier molecular flexibility index (Phi) is 9.31. The Morgan fingerprint density at radius 1 is 1.24 bits per heavy atom.